The number of benzene rings is 1. The van der Waals surface area contributed by atoms with Crippen LogP contribution in [0.25, 0.3) is 0 Å². The summed E-state index contributed by atoms with van der Waals surface area (Å²) in [6, 6.07) is 2.41. The molecule has 2 aliphatic rings. The van der Waals surface area contributed by atoms with E-state index in [1.807, 2.05) is 6.92 Å². The number of fused-ring (bicyclic) bond motifs is 1. The van der Waals surface area contributed by atoms with E-state index < -0.39 is 47.9 Å². The minimum absolute atomic E-state index is 0.0471. The zero-order valence-electron chi connectivity index (χ0n) is 15.7. The van der Waals surface area contributed by atoms with Crippen molar-refractivity contribution >= 4 is 0 Å². The third kappa shape index (κ3) is 3.68. The SMILES string of the molecule is CCCC1CCC2C(F)C(c3ccc(OCC)c(F)c3F)C(F)C2CC1F. The quantitative estimate of drug-likeness (QED) is 0.536. The van der Waals surface area contributed by atoms with E-state index in [1.54, 1.807) is 6.92 Å². The molecule has 1 aromatic rings. The van der Waals surface area contributed by atoms with Crippen molar-refractivity contribution in [3.8, 4) is 5.75 Å². The minimum atomic E-state index is -1.73. The van der Waals surface area contributed by atoms with E-state index in [4.69, 9.17) is 4.74 Å². The Bertz CT molecular complexity index is 652. The molecule has 0 N–H and O–H groups in total. The van der Waals surface area contributed by atoms with Crippen molar-refractivity contribution < 1.29 is 26.7 Å². The van der Waals surface area contributed by atoms with E-state index in [0.717, 1.165) is 6.42 Å². The molecule has 0 radical (unpaired) electrons. The molecule has 1 nitrogen and oxygen atoms in total. The highest BCUT2D eigenvalue weighted by molar-refractivity contribution is 5.35. The maximum atomic E-state index is 15.2. The van der Waals surface area contributed by atoms with Crippen molar-refractivity contribution in [2.75, 3.05) is 6.61 Å². The molecule has 7 unspecified atom stereocenters. The average Bonchev–Trinajstić information content (AvgIpc) is 2.77. The van der Waals surface area contributed by atoms with Gasteiger partial charge in [0, 0.05) is 5.56 Å². The smallest absolute Gasteiger partial charge is 0.200 e. The van der Waals surface area contributed by atoms with Gasteiger partial charge in [-0.15, -0.1) is 0 Å². The summed E-state index contributed by atoms with van der Waals surface area (Å²) in [4.78, 5) is 0. The molecule has 0 bridgehead atoms. The van der Waals surface area contributed by atoms with Crippen molar-refractivity contribution in [2.24, 2.45) is 17.8 Å². The van der Waals surface area contributed by atoms with Crippen LogP contribution in [-0.2, 0) is 0 Å². The Morgan fingerprint density at radius 3 is 2.33 bits per heavy atom. The number of alkyl halides is 3. The highest BCUT2D eigenvalue weighted by Crippen LogP contribution is 2.53. The molecule has 0 aliphatic heterocycles. The first kappa shape index (κ1) is 20.4. The van der Waals surface area contributed by atoms with Gasteiger partial charge in [-0.25, -0.2) is 17.6 Å². The second kappa shape index (κ2) is 8.36. The van der Waals surface area contributed by atoms with Crippen LogP contribution in [0.1, 0.15) is 57.4 Å². The van der Waals surface area contributed by atoms with Crippen molar-refractivity contribution in [1.29, 1.82) is 0 Å². The van der Waals surface area contributed by atoms with Crippen molar-refractivity contribution in [3.05, 3.63) is 29.3 Å². The van der Waals surface area contributed by atoms with Gasteiger partial charge in [0.15, 0.2) is 11.6 Å². The first-order valence-electron chi connectivity index (χ1n) is 9.93. The Balaban J connectivity index is 1.87. The van der Waals surface area contributed by atoms with E-state index in [1.165, 1.54) is 12.1 Å². The largest absolute Gasteiger partial charge is 0.491 e. The van der Waals surface area contributed by atoms with E-state index >= 15 is 8.78 Å². The molecular formula is C21H27F5O. The monoisotopic (exact) mass is 390 g/mol. The van der Waals surface area contributed by atoms with E-state index in [0.29, 0.717) is 19.3 Å². The Morgan fingerprint density at radius 1 is 0.963 bits per heavy atom. The highest BCUT2D eigenvalue weighted by atomic mass is 19.2. The van der Waals surface area contributed by atoms with Crippen LogP contribution in [0.4, 0.5) is 22.0 Å². The number of hydrogen-bond acceptors (Lipinski definition) is 1. The minimum Gasteiger partial charge on any atom is -0.491 e. The molecule has 0 heterocycles. The van der Waals surface area contributed by atoms with Crippen LogP contribution in [0.3, 0.4) is 0 Å². The second-order valence-electron chi connectivity index (χ2n) is 7.83. The fourth-order valence-corrected chi connectivity index (χ4v) is 5.01. The van der Waals surface area contributed by atoms with E-state index in [-0.39, 0.29) is 30.3 Å². The second-order valence-corrected chi connectivity index (χ2v) is 7.83. The predicted octanol–water partition coefficient (Wildman–Crippen LogP) is 6.31. The Hall–Kier alpha value is -1.33. The molecule has 3 rings (SSSR count). The van der Waals surface area contributed by atoms with Crippen LogP contribution in [0.15, 0.2) is 12.1 Å². The molecule has 7 atom stereocenters. The fraction of sp³-hybridized carbons (Fsp3) is 0.714. The lowest BCUT2D eigenvalue weighted by molar-refractivity contribution is 0.145. The summed E-state index contributed by atoms with van der Waals surface area (Å²) in [5, 5.41) is 0. The first-order valence-corrected chi connectivity index (χ1v) is 9.93. The van der Waals surface area contributed by atoms with Gasteiger partial charge in [-0.3, -0.25) is 0 Å². The molecule has 0 spiro atoms. The number of halogens is 5. The Labute approximate surface area is 157 Å². The topological polar surface area (TPSA) is 9.23 Å². The zero-order chi connectivity index (χ0) is 19.7. The molecule has 6 heteroatoms. The predicted molar refractivity (Wildman–Crippen MR) is 94.2 cm³/mol. The van der Waals surface area contributed by atoms with Gasteiger partial charge in [0.25, 0.3) is 0 Å². The number of hydrogen-bond donors (Lipinski definition) is 0. The molecule has 2 aliphatic carbocycles. The first-order chi connectivity index (χ1) is 12.9. The highest BCUT2D eigenvalue weighted by Gasteiger charge is 2.54. The third-order valence-electron chi connectivity index (χ3n) is 6.33. The van der Waals surface area contributed by atoms with E-state index in [2.05, 4.69) is 0 Å². The summed E-state index contributed by atoms with van der Waals surface area (Å²) >= 11 is 0. The van der Waals surface area contributed by atoms with Gasteiger partial charge < -0.3 is 4.74 Å². The molecule has 2 fully saturated rings. The van der Waals surface area contributed by atoms with Crippen LogP contribution < -0.4 is 4.74 Å². The maximum Gasteiger partial charge on any atom is 0.200 e. The van der Waals surface area contributed by atoms with Gasteiger partial charge in [0.2, 0.25) is 5.82 Å². The van der Waals surface area contributed by atoms with Gasteiger partial charge in [-0.05, 0) is 56.4 Å². The molecule has 152 valence electrons. The summed E-state index contributed by atoms with van der Waals surface area (Å²) in [7, 11) is 0. The molecule has 2 saturated carbocycles. The van der Waals surface area contributed by atoms with Crippen LogP contribution in [0, 0.1) is 29.4 Å². The van der Waals surface area contributed by atoms with Crippen molar-refractivity contribution in [2.45, 2.75) is 70.4 Å². The third-order valence-corrected chi connectivity index (χ3v) is 6.33. The number of ether oxygens (including phenoxy) is 1. The molecular weight excluding hydrogens is 363 g/mol. The summed E-state index contributed by atoms with van der Waals surface area (Å²) in [6.45, 7) is 3.75. The van der Waals surface area contributed by atoms with Crippen molar-refractivity contribution in [1.82, 2.24) is 0 Å². The van der Waals surface area contributed by atoms with Gasteiger partial charge in [-0.2, -0.15) is 4.39 Å². The zero-order valence-corrected chi connectivity index (χ0v) is 15.7. The lowest BCUT2D eigenvalue weighted by Gasteiger charge is -2.23. The Kier molecular flexibility index (Phi) is 6.32. The summed E-state index contributed by atoms with van der Waals surface area (Å²) in [5.41, 5.74) is -0.315. The van der Waals surface area contributed by atoms with Gasteiger partial charge in [0.05, 0.1) is 12.5 Å². The maximum absolute atomic E-state index is 15.2. The fourth-order valence-electron chi connectivity index (χ4n) is 5.01. The molecule has 0 saturated heterocycles. The molecule has 27 heavy (non-hydrogen) atoms. The van der Waals surface area contributed by atoms with Crippen LogP contribution >= 0.6 is 0 Å². The van der Waals surface area contributed by atoms with E-state index in [9.17, 15) is 13.2 Å². The van der Waals surface area contributed by atoms with Crippen LogP contribution in [0.2, 0.25) is 0 Å². The summed E-state index contributed by atoms with van der Waals surface area (Å²) in [6.07, 6.45) is -2.17. The van der Waals surface area contributed by atoms with Crippen LogP contribution in [0.5, 0.6) is 5.75 Å². The van der Waals surface area contributed by atoms with Crippen LogP contribution in [-0.4, -0.2) is 25.1 Å². The standard InChI is InChI=1S/C21H27F5O/c1-3-5-11-6-7-12-14(10-15(11)22)19(24)17(18(12)23)13-8-9-16(27-4-2)21(26)20(13)25/h8-9,11-12,14-15,17-19H,3-7,10H2,1-2H3. The lowest BCUT2D eigenvalue weighted by Crippen LogP contribution is -2.23. The molecule has 1 aromatic carbocycles. The molecule has 0 amide bonds. The normalized spacial score (nSPS) is 36.3. The number of rotatable bonds is 5. The summed E-state index contributed by atoms with van der Waals surface area (Å²) in [5.74, 6) is -5.79. The molecule has 0 aromatic heterocycles. The lowest BCUT2D eigenvalue weighted by atomic mass is 9.88. The van der Waals surface area contributed by atoms with Crippen molar-refractivity contribution in [3.63, 3.8) is 0 Å². The average molecular weight is 390 g/mol. The summed E-state index contributed by atoms with van der Waals surface area (Å²) < 4.78 is 78.6. The van der Waals surface area contributed by atoms with Gasteiger partial charge in [0.1, 0.15) is 18.5 Å². The van der Waals surface area contributed by atoms with Gasteiger partial charge in [-0.1, -0.05) is 19.4 Å². The Morgan fingerprint density at radius 2 is 1.67 bits per heavy atom. The van der Waals surface area contributed by atoms with Gasteiger partial charge >= 0.3 is 0 Å².